The van der Waals surface area contributed by atoms with Gasteiger partial charge in [-0.3, -0.25) is 19.4 Å². The van der Waals surface area contributed by atoms with Crippen LogP contribution in [0, 0.1) is 5.82 Å². The minimum atomic E-state index is -2.74. The van der Waals surface area contributed by atoms with Gasteiger partial charge < -0.3 is 24.3 Å². The third-order valence-electron chi connectivity index (χ3n) is 6.15. The minimum Gasteiger partial charge on any atom is -0.485 e. The zero-order valence-corrected chi connectivity index (χ0v) is 22.9. The normalized spacial score (nSPS) is 13.1. The Morgan fingerprint density at radius 3 is 2.68 bits per heavy atom. The average Bonchev–Trinajstić information content (AvgIpc) is 3.32. The number of ketones is 1. The van der Waals surface area contributed by atoms with Gasteiger partial charge in [0.15, 0.2) is 5.78 Å². The first-order chi connectivity index (χ1) is 19.5. The number of nitrogens with one attached hydrogen (secondary N) is 1. The number of methoxy groups -OCH3 is 1. The number of amides is 2. The van der Waals surface area contributed by atoms with Crippen molar-refractivity contribution in [2.24, 2.45) is 4.99 Å². The molecular weight excluding hydrogens is 545 g/mol. The highest BCUT2D eigenvalue weighted by Gasteiger charge is 2.24. The van der Waals surface area contributed by atoms with Gasteiger partial charge in [-0.15, -0.1) is 0 Å². The maximum Gasteiger partial charge on any atom is 0.407 e. The largest absolute Gasteiger partial charge is 0.485 e. The van der Waals surface area contributed by atoms with Crippen molar-refractivity contribution in [3.05, 3.63) is 69.9 Å². The molecule has 2 aromatic rings. The number of pyridine rings is 1. The molecule has 1 aromatic heterocycles. The van der Waals surface area contributed by atoms with E-state index in [2.05, 4.69) is 15.0 Å². The third-order valence-corrected chi connectivity index (χ3v) is 6.15. The standard InChI is InChI=1S/C28H31F3N4O6/c1-34(2)25(37)9-5-4-8-21(33-28(39)40-3)22(36)13-17-7-6-10-35(27(17)38)15-20-12-18-11-19(29)14-23(26(18)32-20)41-16-24(30)31/h5-7,9-11,14,21,24H,4,8,12-13,15-16H2,1-3H3,(H,33,39)/b9-5+/t21-/m0/s1. The summed E-state index contributed by atoms with van der Waals surface area (Å²) in [5, 5.41) is 2.47. The quantitative estimate of drug-likeness (QED) is 0.366. The number of aromatic nitrogens is 1. The van der Waals surface area contributed by atoms with Gasteiger partial charge in [0.2, 0.25) is 5.91 Å². The molecule has 0 radical (unpaired) electrons. The van der Waals surface area contributed by atoms with E-state index in [1.54, 1.807) is 26.2 Å². The number of carbonyl (C=O) groups excluding carboxylic acids is 3. The number of hydrogen-bond acceptors (Lipinski definition) is 7. The van der Waals surface area contributed by atoms with Crippen LogP contribution in [0.3, 0.4) is 0 Å². The Balaban J connectivity index is 1.73. The summed E-state index contributed by atoms with van der Waals surface area (Å²) in [6.07, 6.45) is 1.29. The zero-order valence-electron chi connectivity index (χ0n) is 22.9. The summed E-state index contributed by atoms with van der Waals surface area (Å²) in [7, 11) is 4.37. The van der Waals surface area contributed by atoms with Crippen molar-refractivity contribution in [3.63, 3.8) is 0 Å². The number of halogens is 3. The molecule has 0 aliphatic carbocycles. The Hall–Kier alpha value is -4.42. The van der Waals surface area contributed by atoms with Crippen LogP contribution in [0.5, 0.6) is 5.75 Å². The van der Waals surface area contributed by atoms with Crippen molar-refractivity contribution < 1.29 is 37.0 Å². The van der Waals surface area contributed by atoms with Crippen LogP contribution in [-0.4, -0.2) is 73.2 Å². The van der Waals surface area contributed by atoms with E-state index in [1.807, 2.05) is 0 Å². The van der Waals surface area contributed by atoms with Crippen molar-refractivity contribution in [1.29, 1.82) is 0 Å². The molecule has 1 aliphatic rings. The Morgan fingerprint density at radius 1 is 1.24 bits per heavy atom. The lowest BCUT2D eigenvalue weighted by Gasteiger charge is -2.16. The monoisotopic (exact) mass is 576 g/mol. The number of allylic oxidation sites excluding steroid dienone is 1. The van der Waals surface area contributed by atoms with Gasteiger partial charge in [0, 0.05) is 50.5 Å². The van der Waals surface area contributed by atoms with Crippen LogP contribution < -0.4 is 15.6 Å². The molecule has 3 rings (SSSR count). The maximum absolute atomic E-state index is 14.0. The molecule has 1 aromatic carbocycles. The van der Waals surface area contributed by atoms with Crippen LogP contribution >= 0.6 is 0 Å². The average molecular weight is 577 g/mol. The van der Waals surface area contributed by atoms with Crippen molar-refractivity contribution >= 4 is 29.2 Å². The second-order valence-electron chi connectivity index (χ2n) is 9.48. The fourth-order valence-corrected chi connectivity index (χ4v) is 4.13. The molecule has 220 valence electrons. The van der Waals surface area contributed by atoms with E-state index < -0.39 is 42.3 Å². The number of carbonyl (C=O) groups is 3. The number of aliphatic imine (C=N–C) groups is 1. The third kappa shape index (κ3) is 8.78. The summed E-state index contributed by atoms with van der Waals surface area (Å²) in [5.74, 6) is -1.42. The smallest absolute Gasteiger partial charge is 0.407 e. The molecule has 2 heterocycles. The molecule has 41 heavy (non-hydrogen) atoms. The van der Waals surface area contributed by atoms with E-state index >= 15 is 0 Å². The van der Waals surface area contributed by atoms with Crippen molar-refractivity contribution in [2.75, 3.05) is 27.8 Å². The van der Waals surface area contributed by atoms with E-state index in [4.69, 9.17) is 4.74 Å². The van der Waals surface area contributed by atoms with Gasteiger partial charge in [-0.2, -0.15) is 0 Å². The number of hydrogen-bond donors (Lipinski definition) is 1. The molecule has 0 saturated heterocycles. The summed E-state index contributed by atoms with van der Waals surface area (Å²) >= 11 is 0. The lowest BCUT2D eigenvalue weighted by atomic mass is 10.0. The number of fused-ring (bicyclic) bond motifs is 1. The summed E-state index contributed by atoms with van der Waals surface area (Å²) in [6, 6.07) is 4.34. The highest BCUT2D eigenvalue weighted by molar-refractivity contribution is 5.95. The number of alkyl halides is 2. The predicted molar refractivity (Wildman–Crippen MR) is 145 cm³/mol. The highest BCUT2D eigenvalue weighted by atomic mass is 19.3. The summed E-state index contributed by atoms with van der Waals surface area (Å²) in [6.45, 7) is -0.896. The molecule has 0 unspecified atom stereocenters. The summed E-state index contributed by atoms with van der Waals surface area (Å²) in [5.41, 5.74) is 0.868. The molecule has 1 atom stereocenters. The second kappa shape index (κ2) is 14.3. The predicted octanol–water partition coefficient (Wildman–Crippen LogP) is 3.22. The van der Waals surface area contributed by atoms with E-state index in [1.165, 1.54) is 33.9 Å². The molecule has 13 heteroatoms. The van der Waals surface area contributed by atoms with Crippen molar-refractivity contribution in [3.8, 4) is 5.75 Å². The van der Waals surface area contributed by atoms with Crippen LogP contribution in [0.4, 0.5) is 23.7 Å². The van der Waals surface area contributed by atoms with Gasteiger partial charge in [-0.25, -0.2) is 18.0 Å². The molecule has 0 bridgehead atoms. The van der Waals surface area contributed by atoms with Gasteiger partial charge in [0.25, 0.3) is 12.0 Å². The minimum absolute atomic E-state index is 0.0139. The number of Topliss-reactive ketones (excluding diaryl/α,β-unsaturated/α-hetero) is 1. The fourth-order valence-electron chi connectivity index (χ4n) is 4.13. The van der Waals surface area contributed by atoms with E-state index in [0.29, 0.717) is 17.7 Å². The first-order valence-corrected chi connectivity index (χ1v) is 12.7. The Kier molecular flexibility index (Phi) is 10.8. The Bertz CT molecular complexity index is 1400. The summed E-state index contributed by atoms with van der Waals surface area (Å²) < 4.78 is 50.2. The lowest BCUT2D eigenvalue weighted by Crippen LogP contribution is -2.42. The van der Waals surface area contributed by atoms with Crippen LogP contribution in [0.2, 0.25) is 0 Å². The number of rotatable bonds is 13. The van der Waals surface area contributed by atoms with Gasteiger partial charge in [-0.1, -0.05) is 12.1 Å². The van der Waals surface area contributed by atoms with Crippen LogP contribution in [0.1, 0.15) is 24.0 Å². The van der Waals surface area contributed by atoms with Gasteiger partial charge in [-0.05, 0) is 36.6 Å². The molecular formula is C28H31F3N4O6. The van der Waals surface area contributed by atoms with E-state index in [-0.39, 0.29) is 48.7 Å². The summed E-state index contributed by atoms with van der Waals surface area (Å²) in [4.78, 5) is 55.6. The molecule has 10 nitrogen and oxygen atoms in total. The zero-order chi connectivity index (χ0) is 30.1. The first kappa shape index (κ1) is 31.1. The molecule has 1 aliphatic heterocycles. The van der Waals surface area contributed by atoms with E-state index in [0.717, 1.165) is 13.2 Å². The van der Waals surface area contributed by atoms with Crippen LogP contribution in [0.15, 0.2) is 52.4 Å². The number of alkyl carbamates (subject to hydrolysis) is 1. The topological polar surface area (TPSA) is 119 Å². The number of likely N-dealkylation sites (N-methyl/N-ethyl adjacent to an activating group) is 1. The molecule has 2 amide bonds. The number of nitrogens with zero attached hydrogens (tertiary/aromatic N) is 3. The van der Waals surface area contributed by atoms with Crippen molar-refractivity contribution in [1.82, 2.24) is 14.8 Å². The second-order valence-corrected chi connectivity index (χ2v) is 9.48. The molecule has 0 fully saturated rings. The van der Waals surface area contributed by atoms with Gasteiger partial charge in [0.1, 0.15) is 23.9 Å². The number of benzene rings is 1. The van der Waals surface area contributed by atoms with Gasteiger partial charge >= 0.3 is 6.09 Å². The lowest BCUT2D eigenvalue weighted by molar-refractivity contribution is -0.123. The SMILES string of the molecule is COC(=O)N[C@@H](CC/C=C/C(=O)N(C)C)C(=O)Cc1cccn(CC2=Nc3c(cc(F)cc3OCC(F)F)C2)c1=O. The molecule has 0 saturated carbocycles. The first-order valence-electron chi connectivity index (χ1n) is 12.7. The number of ether oxygens (including phenoxy) is 2. The molecule has 1 N–H and O–H groups in total. The maximum atomic E-state index is 14.0. The van der Waals surface area contributed by atoms with Crippen molar-refractivity contribution in [2.45, 2.75) is 44.7 Å². The van der Waals surface area contributed by atoms with E-state index in [9.17, 15) is 32.3 Å². The van der Waals surface area contributed by atoms with Crippen LogP contribution in [0.25, 0.3) is 0 Å². The Labute approximate surface area is 234 Å². The van der Waals surface area contributed by atoms with Gasteiger partial charge in [0.05, 0.1) is 19.7 Å². The van der Waals surface area contributed by atoms with Crippen LogP contribution in [-0.2, 0) is 33.7 Å². The molecule has 0 spiro atoms. The Morgan fingerprint density at radius 2 is 2.00 bits per heavy atom. The highest BCUT2D eigenvalue weighted by Crippen LogP contribution is 2.37. The fraction of sp³-hybridized carbons (Fsp3) is 0.393.